The highest BCUT2D eigenvalue weighted by Crippen LogP contribution is 2.42. The molecule has 16 nitrogen and oxygen atoms in total. The fraction of sp³-hybridized carbons (Fsp3) is 0.250. The number of benzene rings is 5. The van der Waals surface area contributed by atoms with Crippen molar-refractivity contribution in [3.8, 4) is 11.5 Å². The molecule has 5 aromatic rings. The highest BCUT2D eigenvalue weighted by Gasteiger charge is 2.29. The Bertz CT molecular complexity index is 2570. The normalized spacial score (nSPS) is 12.0. The van der Waals surface area contributed by atoms with Crippen molar-refractivity contribution in [3.63, 3.8) is 0 Å². The van der Waals surface area contributed by atoms with E-state index in [1.807, 2.05) is 24.3 Å². The Morgan fingerprint density at radius 1 is 0.529 bits per heavy atom. The quantitative estimate of drug-likeness (QED) is 0.0296. The Balaban J connectivity index is 1.34. The first kappa shape index (κ1) is 52.3. The zero-order chi connectivity index (χ0) is 49.3. The molecule has 20 heteroatoms. The van der Waals surface area contributed by atoms with Gasteiger partial charge in [-0.05, 0) is 112 Å². The van der Waals surface area contributed by atoms with Crippen molar-refractivity contribution < 1.29 is 38.2 Å². The lowest BCUT2D eigenvalue weighted by atomic mass is 10.1. The van der Waals surface area contributed by atoms with Crippen LogP contribution in [0.1, 0.15) is 59.5 Å². The van der Waals surface area contributed by atoms with Crippen LogP contribution in [0.5, 0.6) is 11.5 Å². The van der Waals surface area contributed by atoms with Crippen LogP contribution in [0.2, 0.25) is 10.0 Å². The molecule has 0 spiro atoms. The van der Waals surface area contributed by atoms with Gasteiger partial charge in [-0.3, -0.25) is 28.8 Å². The van der Waals surface area contributed by atoms with E-state index in [0.717, 1.165) is 25.0 Å². The number of anilines is 4. The van der Waals surface area contributed by atoms with Crippen molar-refractivity contribution in [1.82, 2.24) is 0 Å². The second-order valence-corrected chi connectivity index (χ2v) is 16.1. The number of para-hydroxylation sites is 2. The maximum atomic E-state index is 13.7. The van der Waals surface area contributed by atoms with E-state index < -0.39 is 47.3 Å². The fourth-order valence-electron chi connectivity index (χ4n) is 6.42. The van der Waals surface area contributed by atoms with Gasteiger partial charge in [-0.1, -0.05) is 59.6 Å². The molecule has 4 N–H and O–H groups in total. The summed E-state index contributed by atoms with van der Waals surface area (Å²) < 4.78 is 11.8. The molecule has 0 aliphatic carbocycles. The van der Waals surface area contributed by atoms with E-state index in [-0.39, 0.29) is 68.6 Å². The maximum absolute atomic E-state index is 13.7. The fourth-order valence-corrected chi connectivity index (χ4v) is 7.24. The molecule has 5 aromatic carbocycles. The lowest BCUT2D eigenvalue weighted by Gasteiger charge is -2.20. The van der Waals surface area contributed by atoms with E-state index in [1.54, 1.807) is 38.1 Å². The molecule has 68 heavy (non-hydrogen) atoms. The molecule has 0 aliphatic rings. The molecule has 354 valence electrons. The summed E-state index contributed by atoms with van der Waals surface area (Å²) in [5.74, 6) is -3.48. The summed E-state index contributed by atoms with van der Waals surface area (Å²) >= 11 is 24.6. The molecule has 0 aromatic heterocycles. The van der Waals surface area contributed by atoms with Crippen molar-refractivity contribution in [3.05, 3.63) is 129 Å². The van der Waals surface area contributed by atoms with E-state index in [2.05, 4.69) is 41.7 Å². The van der Waals surface area contributed by atoms with Gasteiger partial charge in [0.15, 0.2) is 23.1 Å². The van der Waals surface area contributed by atoms with Crippen LogP contribution in [0.3, 0.4) is 0 Å². The maximum Gasteiger partial charge on any atom is 0.258 e. The molecule has 0 saturated heterocycles. The van der Waals surface area contributed by atoms with Gasteiger partial charge in [-0.2, -0.15) is 20.5 Å². The van der Waals surface area contributed by atoms with Gasteiger partial charge in [0.05, 0.1) is 57.1 Å². The molecule has 0 bridgehead atoms. The van der Waals surface area contributed by atoms with Crippen LogP contribution in [0.15, 0.2) is 118 Å². The minimum atomic E-state index is -1.65. The first-order valence-corrected chi connectivity index (χ1v) is 22.9. The number of halogens is 4. The summed E-state index contributed by atoms with van der Waals surface area (Å²) in [6, 6.07) is 22.4. The topological polar surface area (TPSA) is 218 Å². The van der Waals surface area contributed by atoms with Crippen molar-refractivity contribution in [2.45, 2.75) is 52.6 Å². The number of amides is 4. The lowest BCUT2D eigenvalue weighted by Crippen LogP contribution is -2.32. The van der Waals surface area contributed by atoms with E-state index >= 15 is 0 Å². The number of carbonyl (C=O) groups excluding carboxylic acids is 6. The van der Waals surface area contributed by atoms with Crippen LogP contribution in [0, 0.1) is 0 Å². The van der Waals surface area contributed by atoms with Crippen LogP contribution in [-0.4, -0.2) is 72.3 Å². The molecule has 2 atom stereocenters. The number of azo groups is 2. The molecule has 0 saturated carbocycles. The van der Waals surface area contributed by atoms with Gasteiger partial charge in [0.2, 0.25) is 12.1 Å². The standard InChI is InChI=1S/C48H46Cl4N8O8/c1-5-67-43-39(55-47(65)41(27(3)61)59-57-31-15-17-35(51)33(25-31)45(63)53-37-13-9-7-11-29(37)21-23-49)19-20-40(44(43)68-6-2)56-48(66)42(28(4)62)60-58-32-16-18-36(52)34(26-32)46(64)54-38-14-10-8-12-30(38)22-24-50/h7-20,25-26,41-42H,5-6,21-24H2,1-4H3,(H,53,63)(H,54,64)(H,55,65)(H,56,66). The van der Waals surface area contributed by atoms with Gasteiger partial charge >= 0.3 is 0 Å². The summed E-state index contributed by atoms with van der Waals surface area (Å²) in [5, 5.41) is 27.4. The Kier molecular flexibility index (Phi) is 19.5. The lowest BCUT2D eigenvalue weighted by molar-refractivity contribution is -0.127. The summed E-state index contributed by atoms with van der Waals surface area (Å²) in [4.78, 5) is 79.6. The van der Waals surface area contributed by atoms with Crippen LogP contribution in [-0.2, 0) is 32.0 Å². The van der Waals surface area contributed by atoms with Crippen LogP contribution < -0.4 is 30.7 Å². The Hall–Kier alpha value is -6.72. The average molecular weight is 1000 g/mol. The van der Waals surface area contributed by atoms with Crippen LogP contribution in [0.25, 0.3) is 0 Å². The number of hydrogen-bond donors (Lipinski definition) is 4. The van der Waals surface area contributed by atoms with E-state index in [9.17, 15) is 28.8 Å². The Morgan fingerprint density at radius 3 is 1.26 bits per heavy atom. The number of carbonyl (C=O) groups is 6. The van der Waals surface area contributed by atoms with Gasteiger partial charge in [0.25, 0.3) is 23.6 Å². The molecule has 0 radical (unpaired) electrons. The van der Waals surface area contributed by atoms with E-state index in [0.29, 0.717) is 36.0 Å². The Morgan fingerprint density at radius 2 is 0.912 bits per heavy atom. The predicted molar refractivity (Wildman–Crippen MR) is 265 cm³/mol. The number of rotatable bonds is 22. The third-order valence-corrected chi connectivity index (χ3v) is 10.7. The largest absolute Gasteiger partial charge is 0.488 e. The van der Waals surface area contributed by atoms with Crippen molar-refractivity contribution >= 4 is 116 Å². The predicted octanol–water partition coefficient (Wildman–Crippen LogP) is 11.2. The number of nitrogens with one attached hydrogen (secondary N) is 4. The zero-order valence-corrected chi connectivity index (χ0v) is 40.2. The SMILES string of the molecule is CCOc1c(NC(=O)C(N=Nc2ccc(Cl)c(C(=O)Nc3ccccc3CCCl)c2)C(C)=O)ccc(NC(=O)C(N=Nc2ccc(Cl)c(C(=O)Nc3ccccc3CCCl)c2)C(C)=O)c1OCC. The van der Waals surface area contributed by atoms with Crippen LogP contribution >= 0.6 is 46.4 Å². The smallest absolute Gasteiger partial charge is 0.258 e. The van der Waals surface area contributed by atoms with Gasteiger partial charge in [-0.25, -0.2) is 0 Å². The van der Waals surface area contributed by atoms with E-state index in [4.69, 9.17) is 55.9 Å². The second-order valence-electron chi connectivity index (χ2n) is 14.5. The number of nitrogens with zero attached hydrogens (tertiary/aromatic N) is 4. The zero-order valence-electron chi connectivity index (χ0n) is 37.2. The summed E-state index contributed by atoms with van der Waals surface area (Å²) in [7, 11) is 0. The van der Waals surface area contributed by atoms with Crippen molar-refractivity contribution in [1.29, 1.82) is 0 Å². The third kappa shape index (κ3) is 13.9. The van der Waals surface area contributed by atoms with Crippen LogP contribution in [0.4, 0.5) is 34.1 Å². The first-order chi connectivity index (χ1) is 32.7. The minimum absolute atomic E-state index is 0.0148. The van der Waals surface area contributed by atoms with Crippen molar-refractivity contribution in [2.75, 3.05) is 46.2 Å². The van der Waals surface area contributed by atoms with Gasteiger partial charge in [-0.15, -0.1) is 23.2 Å². The van der Waals surface area contributed by atoms with Crippen molar-refractivity contribution in [2.24, 2.45) is 20.5 Å². The highest BCUT2D eigenvalue weighted by molar-refractivity contribution is 6.35. The first-order valence-electron chi connectivity index (χ1n) is 21.1. The summed E-state index contributed by atoms with van der Waals surface area (Å²) in [5.41, 5.74) is 3.27. The molecular formula is C48H46Cl4N8O8. The number of aryl methyl sites for hydroxylation is 2. The number of Topliss-reactive ketones (excluding diaryl/α,β-unsaturated/α-hetero) is 2. The number of ether oxygens (including phenoxy) is 2. The second kappa shape index (κ2) is 25.4. The van der Waals surface area contributed by atoms with E-state index in [1.165, 1.54) is 48.5 Å². The molecule has 5 rings (SSSR count). The number of ketones is 2. The monoisotopic (exact) mass is 1000 g/mol. The third-order valence-electron chi connectivity index (χ3n) is 9.70. The number of alkyl halides is 2. The summed E-state index contributed by atoms with van der Waals surface area (Å²) in [6.45, 7) is 5.82. The number of hydrogen-bond acceptors (Lipinski definition) is 12. The molecule has 2 unspecified atom stereocenters. The molecule has 0 aliphatic heterocycles. The molecular weight excluding hydrogens is 958 g/mol. The highest BCUT2D eigenvalue weighted by atomic mass is 35.5. The van der Waals surface area contributed by atoms with Gasteiger partial charge in [0, 0.05) is 23.1 Å². The molecule has 4 amide bonds. The Labute approximate surface area is 412 Å². The molecule has 0 heterocycles. The molecule has 0 fully saturated rings. The minimum Gasteiger partial charge on any atom is -0.488 e. The average Bonchev–Trinajstić information content (AvgIpc) is 3.30. The van der Waals surface area contributed by atoms with Gasteiger partial charge in [0.1, 0.15) is 0 Å². The summed E-state index contributed by atoms with van der Waals surface area (Å²) in [6.07, 6.45) is 1.05. The van der Waals surface area contributed by atoms with Gasteiger partial charge < -0.3 is 30.7 Å².